The predicted molar refractivity (Wildman–Crippen MR) is 96.1 cm³/mol. The summed E-state index contributed by atoms with van der Waals surface area (Å²) in [6.45, 7) is 3.97. The fraction of sp³-hybridized carbons (Fsp3) is 0.158. The zero-order valence-electron chi connectivity index (χ0n) is 14.7. The van der Waals surface area contributed by atoms with Gasteiger partial charge in [-0.2, -0.15) is 4.98 Å². The molecule has 2 aromatic carbocycles. The summed E-state index contributed by atoms with van der Waals surface area (Å²) in [5.74, 6) is 1.44. The van der Waals surface area contributed by atoms with Crippen LogP contribution in [0.1, 0.15) is 11.3 Å². The molecule has 0 saturated heterocycles. The van der Waals surface area contributed by atoms with Crippen molar-refractivity contribution in [2.75, 3.05) is 7.11 Å². The van der Waals surface area contributed by atoms with Gasteiger partial charge in [-0.1, -0.05) is 40.2 Å². The monoisotopic (exact) mass is 347 g/mol. The summed E-state index contributed by atoms with van der Waals surface area (Å²) in [7, 11) is 1.60. The van der Waals surface area contributed by atoms with Crippen LogP contribution >= 0.6 is 0 Å². The van der Waals surface area contributed by atoms with E-state index in [4.69, 9.17) is 9.26 Å². The molecule has 0 atom stereocenters. The Balaban J connectivity index is 1.72. The topological polar surface area (TPSA) is 78.9 Å². The molecule has 0 saturated carbocycles. The number of para-hydroxylation sites is 1. The van der Waals surface area contributed by atoms with Crippen LogP contribution in [-0.2, 0) is 0 Å². The van der Waals surface area contributed by atoms with Crippen LogP contribution < -0.4 is 4.74 Å². The first kappa shape index (κ1) is 16.0. The molecule has 4 rings (SSSR count). The minimum Gasteiger partial charge on any atom is -0.496 e. The van der Waals surface area contributed by atoms with E-state index in [0.29, 0.717) is 23.2 Å². The Morgan fingerprint density at radius 2 is 1.77 bits per heavy atom. The van der Waals surface area contributed by atoms with Gasteiger partial charge in [-0.3, -0.25) is 0 Å². The Hall–Kier alpha value is -3.48. The molecule has 130 valence electrons. The van der Waals surface area contributed by atoms with Gasteiger partial charge in [0.2, 0.25) is 5.82 Å². The highest BCUT2D eigenvalue weighted by Crippen LogP contribution is 2.30. The van der Waals surface area contributed by atoms with Crippen LogP contribution in [0.2, 0.25) is 0 Å². The maximum Gasteiger partial charge on any atom is 0.262 e. The highest BCUT2D eigenvalue weighted by atomic mass is 16.5. The lowest BCUT2D eigenvalue weighted by Gasteiger charge is -2.03. The molecular weight excluding hydrogens is 330 g/mol. The van der Waals surface area contributed by atoms with Crippen LogP contribution in [0.25, 0.3) is 28.7 Å². The summed E-state index contributed by atoms with van der Waals surface area (Å²) >= 11 is 0. The molecule has 0 amide bonds. The lowest BCUT2D eigenvalue weighted by molar-refractivity contribution is 0.405. The molecule has 0 fully saturated rings. The Labute approximate surface area is 150 Å². The second-order valence-electron chi connectivity index (χ2n) is 5.89. The molecule has 0 spiro atoms. The fourth-order valence-electron chi connectivity index (χ4n) is 2.72. The smallest absolute Gasteiger partial charge is 0.262 e. The van der Waals surface area contributed by atoms with Crippen molar-refractivity contribution in [1.29, 1.82) is 0 Å². The van der Waals surface area contributed by atoms with Crippen molar-refractivity contribution < 1.29 is 9.26 Å². The van der Waals surface area contributed by atoms with Gasteiger partial charge in [-0.15, -0.1) is 5.10 Å². The Bertz CT molecular complexity index is 1050. The molecule has 0 unspecified atom stereocenters. The maximum absolute atomic E-state index is 5.42. The van der Waals surface area contributed by atoms with Gasteiger partial charge in [0.15, 0.2) is 5.69 Å². The van der Waals surface area contributed by atoms with E-state index in [-0.39, 0.29) is 0 Å². The molecule has 2 heterocycles. The summed E-state index contributed by atoms with van der Waals surface area (Å²) in [5, 5.41) is 12.5. The number of methoxy groups -OCH3 is 1. The van der Waals surface area contributed by atoms with Crippen LogP contribution in [0.3, 0.4) is 0 Å². The van der Waals surface area contributed by atoms with E-state index >= 15 is 0 Å². The standard InChI is InChI=1S/C19H17N5O2/c1-12-8-10-14(11-9-12)24-13(2)17(21-23-24)18-20-19(26-22-18)15-6-4-5-7-16(15)25-3/h4-11H,1-3H3. The number of benzene rings is 2. The quantitative estimate of drug-likeness (QED) is 0.561. The number of aromatic nitrogens is 5. The van der Waals surface area contributed by atoms with Gasteiger partial charge < -0.3 is 9.26 Å². The van der Waals surface area contributed by atoms with Crippen LogP contribution in [0.4, 0.5) is 0 Å². The van der Waals surface area contributed by atoms with E-state index in [9.17, 15) is 0 Å². The zero-order valence-corrected chi connectivity index (χ0v) is 14.7. The molecule has 0 radical (unpaired) electrons. The van der Waals surface area contributed by atoms with E-state index in [1.54, 1.807) is 11.8 Å². The van der Waals surface area contributed by atoms with E-state index < -0.39 is 0 Å². The predicted octanol–water partition coefficient (Wildman–Crippen LogP) is 3.61. The van der Waals surface area contributed by atoms with Crippen molar-refractivity contribution in [2.24, 2.45) is 0 Å². The highest BCUT2D eigenvalue weighted by Gasteiger charge is 2.19. The van der Waals surface area contributed by atoms with Gasteiger partial charge in [-0.25, -0.2) is 4.68 Å². The van der Waals surface area contributed by atoms with E-state index in [1.165, 1.54) is 5.56 Å². The van der Waals surface area contributed by atoms with Gasteiger partial charge in [0.1, 0.15) is 5.75 Å². The van der Waals surface area contributed by atoms with Crippen LogP contribution in [-0.4, -0.2) is 32.2 Å². The second kappa shape index (κ2) is 6.44. The van der Waals surface area contributed by atoms with Gasteiger partial charge in [0, 0.05) is 0 Å². The lowest BCUT2D eigenvalue weighted by atomic mass is 10.2. The molecule has 4 aromatic rings. The summed E-state index contributed by atoms with van der Waals surface area (Å²) in [4.78, 5) is 4.47. The molecule has 0 aliphatic carbocycles. The van der Waals surface area contributed by atoms with Crippen LogP contribution in [0.5, 0.6) is 5.75 Å². The first-order valence-corrected chi connectivity index (χ1v) is 8.14. The lowest BCUT2D eigenvalue weighted by Crippen LogP contribution is -1.99. The number of hydrogen-bond donors (Lipinski definition) is 0. The molecule has 26 heavy (non-hydrogen) atoms. The third-order valence-electron chi connectivity index (χ3n) is 4.15. The Morgan fingerprint density at radius 3 is 2.54 bits per heavy atom. The zero-order chi connectivity index (χ0) is 18.1. The van der Waals surface area contributed by atoms with Gasteiger partial charge in [-0.05, 0) is 38.1 Å². The number of ether oxygens (including phenoxy) is 1. The van der Waals surface area contributed by atoms with Crippen molar-refractivity contribution in [3.63, 3.8) is 0 Å². The van der Waals surface area contributed by atoms with Crippen LogP contribution in [0, 0.1) is 13.8 Å². The molecular formula is C19H17N5O2. The Kier molecular flexibility index (Phi) is 3.96. The van der Waals surface area contributed by atoms with Crippen molar-refractivity contribution in [1.82, 2.24) is 25.1 Å². The average molecular weight is 347 g/mol. The SMILES string of the molecule is COc1ccccc1-c1nc(-c2nnn(-c3ccc(C)cc3)c2C)no1. The van der Waals surface area contributed by atoms with Gasteiger partial charge >= 0.3 is 0 Å². The molecule has 0 bridgehead atoms. The molecule has 2 aromatic heterocycles. The van der Waals surface area contributed by atoms with Gasteiger partial charge in [0.05, 0.1) is 24.1 Å². The average Bonchev–Trinajstić information content (AvgIpc) is 3.29. The van der Waals surface area contributed by atoms with Crippen molar-refractivity contribution in [3.05, 3.63) is 59.8 Å². The molecule has 7 nitrogen and oxygen atoms in total. The molecule has 0 N–H and O–H groups in total. The molecule has 0 aliphatic rings. The minimum atomic E-state index is 0.377. The first-order valence-electron chi connectivity index (χ1n) is 8.14. The maximum atomic E-state index is 5.42. The highest BCUT2D eigenvalue weighted by molar-refractivity contribution is 5.64. The summed E-state index contributed by atoms with van der Waals surface area (Å²) < 4.78 is 12.5. The number of nitrogens with zero attached hydrogens (tertiary/aromatic N) is 5. The van der Waals surface area contributed by atoms with E-state index in [1.807, 2.05) is 62.4 Å². The van der Waals surface area contributed by atoms with E-state index in [2.05, 4.69) is 20.5 Å². The fourth-order valence-corrected chi connectivity index (χ4v) is 2.72. The summed E-state index contributed by atoms with van der Waals surface area (Å²) in [5.41, 5.74) is 4.26. The van der Waals surface area contributed by atoms with E-state index in [0.717, 1.165) is 16.9 Å². The van der Waals surface area contributed by atoms with Crippen molar-refractivity contribution >= 4 is 0 Å². The molecule has 0 aliphatic heterocycles. The van der Waals surface area contributed by atoms with Crippen LogP contribution in [0.15, 0.2) is 53.1 Å². The number of aryl methyl sites for hydroxylation is 1. The number of hydrogen-bond acceptors (Lipinski definition) is 6. The second-order valence-corrected chi connectivity index (χ2v) is 5.89. The summed E-state index contributed by atoms with van der Waals surface area (Å²) in [6.07, 6.45) is 0. The van der Waals surface area contributed by atoms with Crippen molar-refractivity contribution in [2.45, 2.75) is 13.8 Å². The van der Waals surface area contributed by atoms with Crippen molar-refractivity contribution in [3.8, 4) is 34.4 Å². The Morgan fingerprint density at radius 1 is 1.00 bits per heavy atom. The molecule has 7 heteroatoms. The third-order valence-corrected chi connectivity index (χ3v) is 4.15. The van der Waals surface area contributed by atoms with Gasteiger partial charge in [0.25, 0.3) is 5.89 Å². The first-order chi connectivity index (χ1) is 12.7. The third kappa shape index (κ3) is 2.73. The number of rotatable bonds is 4. The largest absolute Gasteiger partial charge is 0.496 e. The summed E-state index contributed by atoms with van der Waals surface area (Å²) in [6, 6.07) is 15.5. The minimum absolute atomic E-state index is 0.377. The normalized spacial score (nSPS) is 10.9.